The van der Waals surface area contributed by atoms with Gasteiger partial charge in [0, 0.05) is 13.1 Å². The molecule has 0 bridgehead atoms. The van der Waals surface area contributed by atoms with Crippen LogP contribution in [0.1, 0.15) is 44.1 Å². The van der Waals surface area contributed by atoms with E-state index in [1.54, 1.807) is 12.1 Å². The number of piperidine rings is 2. The third-order valence-corrected chi connectivity index (χ3v) is 6.96. The van der Waals surface area contributed by atoms with E-state index in [0.29, 0.717) is 25.9 Å². The van der Waals surface area contributed by atoms with E-state index >= 15 is 0 Å². The largest absolute Gasteiger partial charge is 0.368 e. The first-order valence-electron chi connectivity index (χ1n) is 10.8. The number of nitrogens with zero attached hydrogens (tertiary/aromatic N) is 3. The number of nitrogens with two attached hydrogens (primary N) is 1. The SMILES string of the molecule is NC(=O)C1(N2CCCCC2)CCN([C@H]2CC(=O)N(Cc3ccc(F)cc3)C2=O)CC1. The number of hydrogen-bond acceptors (Lipinski definition) is 5. The van der Waals surface area contributed by atoms with Crippen molar-refractivity contribution in [2.45, 2.75) is 56.7 Å². The molecule has 3 aliphatic heterocycles. The highest BCUT2D eigenvalue weighted by atomic mass is 19.1. The van der Waals surface area contributed by atoms with E-state index in [1.807, 2.05) is 4.90 Å². The van der Waals surface area contributed by atoms with Crippen molar-refractivity contribution in [2.75, 3.05) is 26.2 Å². The van der Waals surface area contributed by atoms with E-state index in [1.165, 1.54) is 23.5 Å². The highest BCUT2D eigenvalue weighted by Gasteiger charge is 2.49. The Labute approximate surface area is 176 Å². The standard InChI is InChI=1S/C22H29FN4O3/c23-17-6-4-16(5-7-17)15-27-19(28)14-18(20(27)29)25-12-8-22(9-13-25,21(24)30)26-10-2-1-3-11-26/h4-7,18H,1-3,8-15H2,(H2,24,30)/t18-/m0/s1. The number of hydrogen-bond donors (Lipinski definition) is 1. The van der Waals surface area contributed by atoms with Gasteiger partial charge in [0.05, 0.1) is 19.0 Å². The fourth-order valence-corrected chi connectivity index (χ4v) is 5.14. The number of imide groups is 1. The van der Waals surface area contributed by atoms with Gasteiger partial charge in [-0.1, -0.05) is 18.6 Å². The first kappa shape index (κ1) is 20.9. The molecule has 30 heavy (non-hydrogen) atoms. The summed E-state index contributed by atoms with van der Waals surface area (Å²) < 4.78 is 13.1. The van der Waals surface area contributed by atoms with Crippen LogP contribution in [0.4, 0.5) is 4.39 Å². The number of likely N-dealkylation sites (tertiary alicyclic amines) is 3. The maximum absolute atomic E-state index is 13.1. The van der Waals surface area contributed by atoms with E-state index in [0.717, 1.165) is 31.5 Å². The molecule has 0 spiro atoms. The highest BCUT2D eigenvalue weighted by Crippen LogP contribution is 2.34. The van der Waals surface area contributed by atoms with Crippen LogP contribution in [0.2, 0.25) is 0 Å². The summed E-state index contributed by atoms with van der Waals surface area (Å²) in [4.78, 5) is 43.4. The molecule has 1 aromatic carbocycles. The van der Waals surface area contributed by atoms with Gasteiger partial charge in [0.25, 0.3) is 0 Å². The second-order valence-electron chi connectivity index (χ2n) is 8.64. The van der Waals surface area contributed by atoms with Gasteiger partial charge in [-0.05, 0) is 56.5 Å². The molecule has 0 saturated carbocycles. The molecule has 0 unspecified atom stereocenters. The molecular weight excluding hydrogens is 387 g/mol. The van der Waals surface area contributed by atoms with E-state index in [2.05, 4.69) is 4.90 Å². The van der Waals surface area contributed by atoms with Crippen LogP contribution in [0.25, 0.3) is 0 Å². The lowest BCUT2D eigenvalue weighted by Gasteiger charge is -2.48. The minimum Gasteiger partial charge on any atom is -0.368 e. The Morgan fingerprint density at radius 3 is 2.27 bits per heavy atom. The van der Waals surface area contributed by atoms with Crippen LogP contribution in [-0.4, -0.2) is 70.2 Å². The zero-order valence-electron chi connectivity index (χ0n) is 17.2. The Morgan fingerprint density at radius 2 is 1.67 bits per heavy atom. The zero-order valence-corrected chi connectivity index (χ0v) is 17.2. The molecule has 8 heteroatoms. The van der Waals surface area contributed by atoms with Crippen LogP contribution in [0.15, 0.2) is 24.3 Å². The van der Waals surface area contributed by atoms with Crippen molar-refractivity contribution in [3.63, 3.8) is 0 Å². The topological polar surface area (TPSA) is 87.0 Å². The number of benzene rings is 1. The van der Waals surface area contributed by atoms with Crippen LogP contribution < -0.4 is 5.73 Å². The molecule has 4 rings (SSSR count). The summed E-state index contributed by atoms with van der Waals surface area (Å²) in [6, 6.07) is 5.33. The molecule has 3 amide bonds. The molecule has 0 radical (unpaired) electrons. The molecule has 0 aromatic heterocycles. The van der Waals surface area contributed by atoms with E-state index in [-0.39, 0.29) is 36.5 Å². The van der Waals surface area contributed by atoms with Crippen molar-refractivity contribution in [1.29, 1.82) is 0 Å². The highest BCUT2D eigenvalue weighted by molar-refractivity contribution is 6.05. The first-order chi connectivity index (χ1) is 14.4. The van der Waals surface area contributed by atoms with Crippen molar-refractivity contribution in [1.82, 2.24) is 14.7 Å². The fraction of sp³-hybridized carbons (Fsp3) is 0.591. The molecule has 1 aromatic rings. The Morgan fingerprint density at radius 1 is 1.03 bits per heavy atom. The van der Waals surface area contributed by atoms with E-state index < -0.39 is 11.6 Å². The van der Waals surface area contributed by atoms with Crippen molar-refractivity contribution in [3.05, 3.63) is 35.6 Å². The van der Waals surface area contributed by atoms with Crippen LogP contribution in [-0.2, 0) is 20.9 Å². The summed E-state index contributed by atoms with van der Waals surface area (Å²) in [7, 11) is 0. The average molecular weight is 416 g/mol. The Bertz CT molecular complexity index is 814. The summed E-state index contributed by atoms with van der Waals surface area (Å²) >= 11 is 0. The van der Waals surface area contributed by atoms with Crippen LogP contribution in [0.3, 0.4) is 0 Å². The molecule has 3 heterocycles. The second-order valence-corrected chi connectivity index (χ2v) is 8.64. The minimum absolute atomic E-state index is 0.146. The minimum atomic E-state index is -0.642. The van der Waals surface area contributed by atoms with Crippen molar-refractivity contribution < 1.29 is 18.8 Å². The molecule has 162 valence electrons. The molecular formula is C22H29FN4O3. The smallest absolute Gasteiger partial charge is 0.247 e. The van der Waals surface area contributed by atoms with Crippen molar-refractivity contribution in [2.24, 2.45) is 5.73 Å². The van der Waals surface area contributed by atoms with Gasteiger partial charge in [-0.25, -0.2) is 4.39 Å². The number of carbonyl (C=O) groups is 3. The quantitative estimate of drug-likeness (QED) is 0.731. The number of halogens is 1. The normalized spacial score (nSPS) is 25.6. The monoisotopic (exact) mass is 416 g/mol. The van der Waals surface area contributed by atoms with Crippen molar-refractivity contribution in [3.8, 4) is 0 Å². The van der Waals surface area contributed by atoms with Gasteiger partial charge >= 0.3 is 0 Å². The third kappa shape index (κ3) is 3.86. The summed E-state index contributed by atoms with van der Waals surface area (Å²) in [5.74, 6) is -1.06. The Balaban J connectivity index is 1.41. The van der Waals surface area contributed by atoms with Crippen LogP contribution in [0.5, 0.6) is 0 Å². The van der Waals surface area contributed by atoms with Crippen molar-refractivity contribution >= 4 is 17.7 Å². The van der Waals surface area contributed by atoms with Gasteiger partial charge in [0.1, 0.15) is 11.4 Å². The molecule has 1 atom stereocenters. The predicted molar refractivity (Wildman–Crippen MR) is 109 cm³/mol. The maximum Gasteiger partial charge on any atom is 0.247 e. The Hall–Kier alpha value is -2.32. The average Bonchev–Trinajstić information content (AvgIpc) is 3.04. The van der Waals surface area contributed by atoms with Gasteiger partial charge in [0.15, 0.2) is 0 Å². The van der Waals surface area contributed by atoms with Gasteiger partial charge in [0.2, 0.25) is 17.7 Å². The predicted octanol–water partition coefficient (Wildman–Crippen LogP) is 1.26. The maximum atomic E-state index is 13.1. The van der Waals surface area contributed by atoms with Gasteiger partial charge < -0.3 is 5.73 Å². The molecule has 3 aliphatic rings. The summed E-state index contributed by atoms with van der Waals surface area (Å²) in [5, 5.41) is 0. The van der Waals surface area contributed by atoms with Crippen LogP contribution in [0, 0.1) is 5.82 Å². The van der Waals surface area contributed by atoms with Crippen LogP contribution >= 0.6 is 0 Å². The summed E-state index contributed by atoms with van der Waals surface area (Å²) in [6.07, 6.45) is 4.64. The molecule has 3 fully saturated rings. The van der Waals surface area contributed by atoms with Gasteiger partial charge in [-0.15, -0.1) is 0 Å². The van der Waals surface area contributed by atoms with Gasteiger partial charge in [-0.2, -0.15) is 0 Å². The molecule has 0 aliphatic carbocycles. The molecule has 3 saturated heterocycles. The van der Waals surface area contributed by atoms with E-state index in [4.69, 9.17) is 5.73 Å². The molecule has 2 N–H and O–H groups in total. The Kier molecular flexibility index (Phi) is 5.88. The number of primary amides is 1. The molecule has 7 nitrogen and oxygen atoms in total. The lowest BCUT2D eigenvalue weighted by atomic mass is 9.83. The third-order valence-electron chi connectivity index (χ3n) is 6.96. The first-order valence-corrected chi connectivity index (χ1v) is 10.8. The lowest BCUT2D eigenvalue weighted by molar-refractivity contribution is -0.141. The number of carbonyl (C=O) groups excluding carboxylic acids is 3. The number of rotatable bonds is 5. The zero-order chi connectivity index (χ0) is 21.3. The summed E-state index contributed by atoms with van der Waals surface area (Å²) in [6.45, 7) is 3.05. The lowest BCUT2D eigenvalue weighted by Crippen LogP contribution is -2.64. The number of amides is 3. The van der Waals surface area contributed by atoms with Gasteiger partial charge in [-0.3, -0.25) is 29.1 Å². The summed E-state index contributed by atoms with van der Waals surface area (Å²) in [5.41, 5.74) is 5.92. The second kappa shape index (κ2) is 8.43. The van der Waals surface area contributed by atoms with E-state index in [9.17, 15) is 18.8 Å². The fourth-order valence-electron chi connectivity index (χ4n) is 5.14.